The smallest absolute Gasteiger partial charge is 0.294 e. The van der Waals surface area contributed by atoms with E-state index in [2.05, 4.69) is 20.5 Å². The molecule has 9 heteroatoms. The molecule has 0 spiro atoms. The number of nitro groups is 1. The Hall–Kier alpha value is -2.97. The molecular formula is C9H8N6O3. The number of hydrogen-bond donors (Lipinski definition) is 3. The van der Waals surface area contributed by atoms with Gasteiger partial charge in [0, 0.05) is 11.8 Å². The van der Waals surface area contributed by atoms with E-state index in [9.17, 15) is 14.9 Å². The third-order valence-corrected chi connectivity index (χ3v) is 2.12. The van der Waals surface area contributed by atoms with Crippen molar-refractivity contribution in [2.24, 2.45) is 0 Å². The summed E-state index contributed by atoms with van der Waals surface area (Å²) in [5, 5.41) is 19.0. The van der Waals surface area contributed by atoms with Gasteiger partial charge in [0.2, 0.25) is 5.82 Å². The quantitative estimate of drug-likeness (QED) is 0.411. The number of amides is 1. The number of aromatic nitrogens is 3. The third kappa shape index (κ3) is 2.24. The summed E-state index contributed by atoms with van der Waals surface area (Å²) in [4.78, 5) is 25.3. The van der Waals surface area contributed by atoms with Gasteiger partial charge in [-0.15, -0.1) is 0 Å². The van der Waals surface area contributed by atoms with Crippen molar-refractivity contribution in [1.82, 2.24) is 15.2 Å². The van der Waals surface area contributed by atoms with Crippen LogP contribution in [0.3, 0.4) is 0 Å². The number of carbonyl (C=O) groups is 1. The highest BCUT2D eigenvalue weighted by atomic mass is 16.6. The molecule has 18 heavy (non-hydrogen) atoms. The molecule has 0 atom stereocenters. The summed E-state index contributed by atoms with van der Waals surface area (Å²) in [5.41, 5.74) is 5.43. The van der Waals surface area contributed by atoms with Crippen LogP contribution in [0.15, 0.2) is 24.5 Å². The van der Waals surface area contributed by atoms with E-state index in [1.54, 1.807) is 0 Å². The summed E-state index contributed by atoms with van der Waals surface area (Å²) in [5.74, 6) is -0.541. The summed E-state index contributed by atoms with van der Waals surface area (Å²) in [6.45, 7) is 0. The Balaban J connectivity index is 2.22. The first-order valence-corrected chi connectivity index (χ1v) is 4.78. The highest BCUT2D eigenvalue weighted by molar-refractivity contribution is 6.01. The monoisotopic (exact) mass is 248 g/mol. The summed E-state index contributed by atoms with van der Waals surface area (Å²) in [6, 6.07) is 3.97. The van der Waals surface area contributed by atoms with Crippen molar-refractivity contribution in [2.45, 2.75) is 0 Å². The van der Waals surface area contributed by atoms with E-state index in [1.807, 2.05) is 0 Å². The molecule has 1 aromatic carbocycles. The van der Waals surface area contributed by atoms with Gasteiger partial charge in [-0.05, 0) is 12.1 Å². The van der Waals surface area contributed by atoms with Gasteiger partial charge in [-0.3, -0.25) is 20.0 Å². The average molecular weight is 248 g/mol. The Bertz CT molecular complexity index is 594. The molecule has 0 aliphatic carbocycles. The van der Waals surface area contributed by atoms with Crippen molar-refractivity contribution in [1.29, 1.82) is 0 Å². The van der Waals surface area contributed by atoms with Gasteiger partial charge >= 0.3 is 0 Å². The Kier molecular flexibility index (Phi) is 2.87. The molecule has 1 aromatic heterocycles. The van der Waals surface area contributed by atoms with Crippen molar-refractivity contribution >= 4 is 23.0 Å². The number of nitrogens with two attached hydrogens (primary N) is 1. The molecule has 0 radical (unpaired) electrons. The van der Waals surface area contributed by atoms with Gasteiger partial charge in [-0.25, -0.2) is 4.98 Å². The predicted molar refractivity (Wildman–Crippen MR) is 61.8 cm³/mol. The number of hydrogen-bond acceptors (Lipinski definition) is 6. The number of nitrogens with zero attached hydrogens (tertiary/aromatic N) is 3. The number of nitrogens with one attached hydrogen (secondary N) is 2. The number of aromatic amines is 1. The zero-order valence-electron chi connectivity index (χ0n) is 8.95. The molecule has 1 heterocycles. The van der Waals surface area contributed by atoms with E-state index in [0.29, 0.717) is 0 Å². The molecule has 4 N–H and O–H groups in total. The lowest BCUT2D eigenvalue weighted by Gasteiger charge is -2.03. The minimum atomic E-state index is -0.626. The summed E-state index contributed by atoms with van der Waals surface area (Å²) >= 11 is 0. The predicted octanol–water partition coefficient (Wildman–Crippen LogP) is 0.547. The molecule has 0 aliphatic heterocycles. The van der Waals surface area contributed by atoms with E-state index in [1.165, 1.54) is 24.5 Å². The van der Waals surface area contributed by atoms with Crippen molar-refractivity contribution < 1.29 is 9.72 Å². The SMILES string of the molecule is Nc1ccc(NC(=O)c2ncn[nH]2)cc1[N+](=O)[O-]. The van der Waals surface area contributed by atoms with Crippen LogP contribution in [0.1, 0.15) is 10.6 Å². The second-order valence-electron chi connectivity index (χ2n) is 3.32. The number of benzene rings is 1. The fourth-order valence-electron chi connectivity index (χ4n) is 1.28. The van der Waals surface area contributed by atoms with E-state index >= 15 is 0 Å². The first-order valence-electron chi connectivity index (χ1n) is 4.78. The van der Waals surface area contributed by atoms with Gasteiger partial charge in [-0.1, -0.05) is 0 Å². The Morgan fingerprint density at radius 3 is 2.89 bits per heavy atom. The lowest BCUT2D eigenvalue weighted by molar-refractivity contribution is -0.383. The number of rotatable bonds is 3. The third-order valence-electron chi connectivity index (χ3n) is 2.12. The largest absolute Gasteiger partial charge is 0.393 e. The molecule has 0 aliphatic rings. The molecule has 2 aromatic rings. The van der Waals surface area contributed by atoms with Crippen molar-refractivity contribution in [3.63, 3.8) is 0 Å². The highest BCUT2D eigenvalue weighted by Crippen LogP contribution is 2.25. The second-order valence-corrected chi connectivity index (χ2v) is 3.32. The molecule has 2 rings (SSSR count). The van der Waals surface area contributed by atoms with E-state index in [4.69, 9.17) is 5.73 Å². The minimum absolute atomic E-state index is 0.00878. The van der Waals surface area contributed by atoms with E-state index in [-0.39, 0.29) is 22.9 Å². The topological polar surface area (TPSA) is 140 Å². The molecule has 0 fully saturated rings. The normalized spacial score (nSPS) is 10.0. The molecule has 92 valence electrons. The highest BCUT2D eigenvalue weighted by Gasteiger charge is 2.14. The van der Waals surface area contributed by atoms with Crippen molar-refractivity contribution in [2.75, 3.05) is 11.1 Å². The van der Waals surface area contributed by atoms with Crippen LogP contribution < -0.4 is 11.1 Å². The minimum Gasteiger partial charge on any atom is -0.393 e. The fourth-order valence-corrected chi connectivity index (χ4v) is 1.28. The molecule has 9 nitrogen and oxygen atoms in total. The second kappa shape index (κ2) is 4.49. The number of nitrogen functional groups attached to an aromatic ring is 1. The number of nitro benzene ring substituents is 1. The molecule has 0 bridgehead atoms. The van der Waals surface area contributed by atoms with Gasteiger partial charge < -0.3 is 11.1 Å². The molecule has 0 unspecified atom stereocenters. The zero-order chi connectivity index (χ0) is 13.1. The Morgan fingerprint density at radius 1 is 1.50 bits per heavy atom. The maximum Gasteiger partial charge on any atom is 0.294 e. The van der Waals surface area contributed by atoms with Crippen molar-refractivity contribution in [3.05, 3.63) is 40.5 Å². The maximum atomic E-state index is 11.6. The average Bonchev–Trinajstić information content (AvgIpc) is 2.85. The van der Waals surface area contributed by atoms with Gasteiger partial charge in [0.1, 0.15) is 12.0 Å². The molecule has 1 amide bonds. The standard InChI is InChI=1S/C9H8N6O3/c10-6-2-1-5(3-7(6)15(17)18)13-9(16)8-11-4-12-14-8/h1-4H,10H2,(H,13,16)(H,11,12,14). The van der Waals surface area contributed by atoms with Crippen LogP contribution >= 0.6 is 0 Å². The molecular weight excluding hydrogens is 240 g/mol. The fraction of sp³-hybridized carbons (Fsp3) is 0. The van der Waals surface area contributed by atoms with Crippen LogP contribution in [0.4, 0.5) is 17.1 Å². The molecule has 0 saturated heterocycles. The zero-order valence-corrected chi connectivity index (χ0v) is 8.95. The van der Waals surface area contributed by atoms with Crippen LogP contribution in [0, 0.1) is 10.1 Å². The van der Waals surface area contributed by atoms with Gasteiger partial charge in [0.25, 0.3) is 11.6 Å². The summed E-state index contributed by atoms with van der Waals surface area (Å²) < 4.78 is 0. The van der Waals surface area contributed by atoms with Crippen LogP contribution in [-0.4, -0.2) is 26.0 Å². The molecule has 0 saturated carbocycles. The van der Waals surface area contributed by atoms with Gasteiger partial charge in [0.15, 0.2) is 0 Å². The van der Waals surface area contributed by atoms with E-state index < -0.39 is 10.8 Å². The lowest BCUT2D eigenvalue weighted by Crippen LogP contribution is -2.14. The Morgan fingerprint density at radius 2 is 2.28 bits per heavy atom. The summed E-state index contributed by atoms with van der Waals surface area (Å²) in [7, 11) is 0. The number of carbonyl (C=O) groups excluding carboxylic acids is 1. The first-order chi connectivity index (χ1) is 8.58. The van der Waals surface area contributed by atoms with Crippen LogP contribution in [0.5, 0.6) is 0 Å². The van der Waals surface area contributed by atoms with Crippen molar-refractivity contribution in [3.8, 4) is 0 Å². The first kappa shape index (κ1) is 11.5. The number of H-pyrrole nitrogens is 1. The van der Waals surface area contributed by atoms with Gasteiger partial charge in [-0.2, -0.15) is 5.10 Å². The van der Waals surface area contributed by atoms with E-state index in [0.717, 1.165) is 0 Å². The van der Waals surface area contributed by atoms with Crippen LogP contribution in [0.2, 0.25) is 0 Å². The maximum absolute atomic E-state index is 11.6. The Labute approximate surface area is 100 Å². The van der Waals surface area contributed by atoms with Gasteiger partial charge in [0.05, 0.1) is 4.92 Å². The van der Waals surface area contributed by atoms with Crippen LogP contribution in [0.25, 0.3) is 0 Å². The number of anilines is 2. The van der Waals surface area contributed by atoms with Crippen LogP contribution in [-0.2, 0) is 0 Å². The lowest BCUT2D eigenvalue weighted by atomic mass is 10.2. The summed E-state index contributed by atoms with van der Waals surface area (Å²) in [6.07, 6.45) is 1.18.